The molecular weight excluding hydrogens is 292 g/mol. The fraction of sp³-hybridized carbons (Fsp3) is 0.375. The highest BCUT2D eigenvalue weighted by Crippen LogP contribution is 2.24. The van der Waals surface area contributed by atoms with Gasteiger partial charge in [0.1, 0.15) is 5.78 Å². The molecule has 1 aliphatic rings. The van der Waals surface area contributed by atoms with Crippen molar-refractivity contribution < 1.29 is 4.79 Å². The van der Waals surface area contributed by atoms with Gasteiger partial charge in [0.2, 0.25) is 5.95 Å². The van der Waals surface area contributed by atoms with Crippen LogP contribution in [-0.4, -0.2) is 44.9 Å². The van der Waals surface area contributed by atoms with Crippen molar-refractivity contribution in [3.63, 3.8) is 0 Å². The van der Waals surface area contributed by atoms with E-state index >= 15 is 0 Å². The second kappa shape index (κ2) is 6.60. The highest BCUT2D eigenvalue weighted by atomic mass is 16.1. The molecule has 0 amide bonds. The summed E-state index contributed by atoms with van der Waals surface area (Å²) in [6.07, 6.45) is 6.41. The molecule has 2 aromatic heterocycles. The van der Waals surface area contributed by atoms with Gasteiger partial charge in [0, 0.05) is 39.0 Å². The van der Waals surface area contributed by atoms with Crippen LogP contribution in [0.4, 0.5) is 11.8 Å². The summed E-state index contributed by atoms with van der Waals surface area (Å²) < 4.78 is 1.93. The summed E-state index contributed by atoms with van der Waals surface area (Å²) in [5.74, 6) is 1.61. The van der Waals surface area contributed by atoms with Gasteiger partial charge in [0.05, 0.1) is 6.33 Å². The molecule has 23 heavy (non-hydrogen) atoms. The Balaban J connectivity index is 2.02. The van der Waals surface area contributed by atoms with Crippen LogP contribution in [0.1, 0.15) is 12.8 Å². The van der Waals surface area contributed by atoms with Crippen LogP contribution in [0.5, 0.6) is 0 Å². The van der Waals surface area contributed by atoms with Crippen molar-refractivity contribution in [2.24, 2.45) is 0 Å². The van der Waals surface area contributed by atoms with Crippen LogP contribution >= 0.6 is 0 Å². The van der Waals surface area contributed by atoms with E-state index in [0.717, 1.165) is 11.2 Å². The van der Waals surface area contributed by atoms with Crippen molar-refractivity contribution in [3.8, 4) is 0 Å². The average Bonchev–Trinajstić information content (AvgIpc) is 2.97. The standard InChI is InChI=1S/C16H20N6O/c1-3-7-17-14-13-15(22(8-4-2)11-18-13)20-16(19-14)21-9-5-12(23)6-10-21/h3-4,11H,1-2,5-10H2,(H,17,19,20). The Kier molecular flexibility index (Phi) is 4.36. The van der Waals surface area contributed by atoms with Crippen LogP contribution in [0.2, 0.25) is 0 Å². The lowest BCUT2D eigenvalue weighted by atomic mass is 10.1. The number of hydrogen-bond donors (Lipinski definition) is 1. The molecule has 2 aromatic rings. The zero-order valence-electron chi connectivity index (χ0n) is 13.0. The van der Waals surface area contributed by atoms with E-state index in [1.165, 1.54) is 0 Å². The Hall–Kier alpha value is -2.70. The first-order chi connectivity index (χ1) is 11.2. The Labute approximate surface area is 134 Å². The highest BCUT2D eigenvalue weighted by Gasteiger charge is 2.21. The molecule has 7 heteroatoms. The quantitative estimate of drug-likeness (QED) is 0.819. The highest BCUT2D eigenvalue weighted by molar-refractivity contribution is 5.85. The van der Waals surface area contributed by atoms with Crippen LogP contribution in [0.3, 0.4) is 0 Å². The number of piperidine rings is 1. The number of carbonyl (C=O) groups is 1. The summed E-state index contributed by atoms with van der Waals surface area (Å²) >= 11 is 0. The van der Waals surface area contributed by atoms with E-state index in [4.69, 9.17) is 0 Å². The maximum atomic E-state index is 11.4. The molecule has 1 saturated heterocycles. The van der Waals surface area contributed by atoms with E-state index in [0.29, 0.717) is 56.6 Å². The molecule has 0 atom stereocenters. The maximum Gasteiger partial charge on any atom is 0.229 e. The minimum absolute atomic E-state index is 0.295. The number of hydrogen-bond acceptors (Lipinski definition) is 6. The number of fused-ring (bicyclic) bond motifs is 1. The third-order valence-corrected chi connectivity index (χ3v) is 3.80. The van der Waals surface area contributed by atoms with Gasteiger partial charge in [-0.3, -0.25) is 4.79 Å². The number of nitrogens with zero attached hydrogens (tertiary/aromatic N) is 5. The second-order valence-electron chi connectivity index (χ2n) is 5.43. The van der Waals surface area contributed by atoms with Gasteiger partial charge in [0.25, 0.3) is 0 Å². The Morgan fingerprint density at radius 1 is 1.22 bits per heavy atom. The lowest BCUT2D eigenvalue weighted by Crippen LogP contribution is -2.35. The van der Waals surface area contributed by atoms with E-state index in [9.17, 15) is 4.79 Å². The van der Waals surface area contributed by atoms with E-state index < -0.39 is 0 Å². The third-order valence-electron chi connectivity index (χ3n) is 3.80. The summed E-state index contributed by atoms with van der Waals surface area (Å²) in [5, 5.41) is 3.22. The fourth-order valence-corrected chi connectivity index (χ4v) is 2.60. The molecule has 0 radical (unpaired) electrons. The number of allylic oxidation sites excluding steroid dienone is 1. The van der Waals surface area contributed by atoms with Gasteiger partial charge in [-0.1, -0.05) is 12.2 Å². The van der Waals surface area contributed by atoms with E-state index in [2.05, 4.69) is 33.4 Å². The molecule has 1 N–H and O–H groups in total. The molecule has 7 nitrogen and oxygen atoms in total. The number of anilines is 2. The number of carbonyl (C=O) groups excluding carboxylic acids is 1. The molecule has 0 unspecified atom stereocenters. The Morgan fingerprint density at radius 2 is 2.00 bits per heavy atom. The number of aromatic nitrogens is 4. The van der Waals surface area contributed by atoms with Crippen LogP contribution in [0, 0.1) is 0 Å². The summed E-state index contributed by atoms with van der Waals surface area (Å²) in [6.45, 7) is 10.0. The van der Waals surface area contributed by atoms with Crippen LogP contribution < -0.4 is 10.2 Å². The first kappa shape index (κ1) is 15.2. The first-order valence-corrected chi connectivity index (χ1v) is 7.68. The summed E-state index contributed by atoms with van der Waals surface area (Å²) in [7, 11) is 0. The zero-order chi connectivity index (χ0) is 16.2. The smallest absolute Gasteiger partial charge is 0.229 e. The number of ketones is 1. The molecule has 0 bridgehead atoms. The van der Waals surface area contributed by atoms with E-state index in [1.54, 1.807) is 18.5 Å². The second-order valence-corrected chi connectivity index (χ2v) is 5.43. The molecule has 3 rings (SSSR count). The van der Waals surface area contributed by atoms with Crippen molar-refractivity contribution in [2.45, 2.75) is 19.4 Å². The molecule has 0 aliphatic carbocycles. The van der Waals surface area contributed by atoms with E-state index in [1.807, 2.05) is 9.47 Å². The van der Waals surface area contributed by atoms with Crippen LogP contribution in [0.15, 0.2) is 31.6 Å². The van der Waals surface area contributed by atoms with Gasteiger partial charge >= 0.3 is 0 Å². The SMILES string of the molecule is C=CCNc1nc(N2CCC(=O)CC2)nc2c1ncn2CC=C. The largest absolute Gasteiger partial charge is 0.365 e. The van der Waals surface area contributed by atoms with Crippen molar-refractivity contribution in [1.82, 2.24) is 19.5 Å². The average molecular weight is 312 g/mol. The number of rotatable bonds is 6. The zero-order valence-corrected chi connectivity index (χ0v) is 13.0. The molecule has 0 aromatic carbocycles. The minimum atomic E-state index is 0.295. The topological polar surface area (TPSA) is 75.9 Å². The summed E-state index contributed by atoms with van der Waals surface area (Å²) in [4.78, 5) is 27.2. The van der Waals surface area contributed by atoms with Gasteiger partial charge in [-0.15, -0.1) is 13.2 Å². The molecule has 1 aliphatic heterocycles. The Bertz CT molecular complexity index is 740. The third kappa shape index (κ3) is 3.08. The van der Waals surface area contributed by atoms with Gasteiger partial charge in [-0.05, 0) is 0 Å². The normalized spacial score (nSPS) is 15.0. The van der Waals surface area contributed by atoms with Gasteiger partial charge in [0.15, 0.2) is 17.0 Å². The summed E-state index contributed by atoms with van der Waals surface area (Å²) in [5.41, 5.74) is 1.49. The monoisotopic (exact) mass is 312 g/mol. The molecule has 120 valence electrons. The van der Waals surface area contributed by atoms with Gasteiger partial charge < -0.3 is 14.8 Å². The number of Topliss-reactive ketones (excluding diaryl/α,β-unsaturated/α-hetero) is 1. The summed E-state index contributed by atoms with van der Waals surface area (Å²) in [6, 6.07) is 0. The van der Waals surface area contributed by atoms with Crippen molar-refractivity contribution in [3.05, 3.63) is 31.6 Å². The maximum absolute atomic E-state index is 11.4. The lowest BCUT2D eigenvalue weighted by Gasteiger charge is -2.26. The van der Waals surface area contributed by atoms with E-state index in [-0.39, 0.29) is 0 Å². The molecule has 3 heterocycles. The first-order valence-electron chi connectivity index (χ1n) is 7.68. The Morgan fingerprint density at radius 3 is 2.70 bits per heavy atom. The molecule has 0 saturated carbocycles. The van der Waals surface area contributed by atoms with Crippen molar-refractivity contribution in [1.29, 1.82) is 0 Å². The lowest BCUT2D eigenvalue weighted by molar-refractivity contribution is -0.119. The molecule has 1 fully saturated rings. The number of imidazole rings is 1. The van der Waals surface area contributed by atoms with Crippen LogP contribution in [-0.2, 0) is 11.3 Å². The molecular formula is C16H20N6O. The van der Waals surface area contributed by atoms with Crippen molar-refractivity contribution >= 4 is 28.7 Å². The van der Waals surface area contributed by atoms with Gasteiger partial charge in [-0.25, -0.2) is 4.98 Å². The van der Waals surface area contributed by atoms with Crippen LogP contribution in [0.25, 0.3) is 11.2 Å². The van der Waals surface area contributed by atoms with Crippen molar-refractivity contribution in [2.75, 3.05) is 29.9 Å². The predicted octanol–water partition coefficient (Wildman–Crippen LogP) is 1.78. The minimum Gasteiger partial charge on any atom is -0.365 e. The predicted molar refractivity (Wildman–Crippen MR) is 90.7 cm³/mol. The number of nitrogens with one attached hydrogen (secondary N) is 1. The van der Waals surface area contributed by atoms with Gasteiger partial charge in [-0.2, -0.15) is 9.97 Å². The fourth-order valence-electron chi connectivity index (χ4n) is 2.60. The molecule has 0 spiro atoms.